The second-order valence-electron chi connectivity index (χ2n) is 3.21. The van der Waals surface area contributed by atoms with E-state index in [4.69, 9.17) is 6.42 Å². The Kier molecular flexibility index (Phi) is 5.02. The standard InChI is InChI=1S/C11H15N3O/c1-2-3-4-6-13-11(15)5-8-14-9-7-12-10-14/h1,7,9-10H,3-6,8H2,(H,13,15). The molecule has 0 unspecified atom stereocenters. The van der Waals surface area contributed by atoms with Crippen molar-refractivity contribution in [3.8, 4) is 12.3 Å². The molecule has 0 fully saturated rings. The van der Waals surface area contributed by atoms with E-state index >= 15 is 0 Å². The lowest BCUT2D eigenvalue weighted by Crippen LogP contribution is -2.25. The average molecular weight is 205 g/mol. The highest BCUT2D eigenvalue weighted by molar-refractivity contribution is 5.75. The summed E-state index contributed by atoms with van der Waals surface area (Å²) in [7, 11) is 0. The molecule has 15 heavy (non-hydrogen) atoms. The van der Waals surface area contributed by atoms with E-state index in [-0.39, 0.29) is 5.91 Å². The maximum absolute atomic E-state index is 11.3. The zero-order valence-electron chi connectivity index (χ0n) is 8.65. The van der Waals surface area contributed by atoms with Gasteiger partial charge in [0.1, 0.15) is 0 Å². The molecule has 1 rings (SSSR count). The van der Waals surface area contributed by atoms with Gasteiger partial charge in [-0.3, -0.25) is 4.79 Å². The molecule has 0 aliphatic heterocycles. The fraction of sp³-hybridized carbons (Fsp3) is 0.455. The zero-order valence-corrected chi connectivity index (χ0v) is 8.65. The number of hydrogen-bond donors (Lipinski definition) is 1. The molecule has 0 saturated heterocycles. The Morgan fingerprint density at radius 1 is 1.60 bits per heavy atom. The highest BCUT2D eigenvalue weighted by atomic mass is 16.1. The molecule has 0 bridgehead atoms. The Morgan fingerprint density at radius 3 is 3.13 bits per heavy atom. The number of rotatable bonds is 6. The fourth-order valence-corrected chi connectivity index (χ4v) is 1.16. The summed E-state index contributed by atoms with van der Waals surface area (Å²) in [4.78, 5) is 15.2. The lowest BCUT2D eigenvalue weighted by molar-refractivity contribution is -0.121. The van der Waals surface area contributed by atoms with E-state index in [1.807, 2.05) is 10.8 Å². The monoisotopic (exact) mass is 205 g/mol. The molecule has 0 aromatic carbocycles. The average Bonchev–Trinajstić information content (AvgIpc) is 2.74. The minimum atomic E-state index is 0.0562. The van der Waals surface area contributed by atoms with Crippen LogP contribution in [0.2, 0.25) is 0 Å². The Morgan fingerprint density at radius 2 is 2.47 bits per heavy atom. The van der Waals surface area contributed by atoms with E-state index in [0.717, 1.165) is 6.42 Å². The van der Waals surface area contributed by atoms with Crippen molar-refractivity contribution in [3.63, 3.8) is 0 Å². The SMILES string of the molecule is C#CCCCNC(=O)CCn1ccnc1. The molecule has 0 aliphatic carbocycles. The topological polar surface area (TPSA) is 46.9 Å². The lowest BCUT2D eigenvalue weighted by Gasteiger charge is -2.04. The summed E-state index contributed by atoms with van der Waals surface area (Å²) in [6.07, 6.45) is 12.4. The van der Waals surface area contributed by atoms with Crippen LogP contribution in [-0.2, 0) is 11.3 Å². The molecule has 1 aromatic rings. The van der Waals surface area contributed by atoms with Gasteiger partial charge in [-0.15, -0.1) is 12.3 Å². The number of hydrogen-bond acceptors (Lipinski definition) is 2. The molecule has 0 spiro atoms. The Balaban J connectivity index is 2.07. The second kappa shape index (κ2) is 6.66. The minimum Gasteiger partial charge on any atom is -0.356 e. The first-order valence-corrected chi connectivity index (χ1v) is 4.99. The third-order valence-electron chi connectivity index (χ3n) is 1.98. The number of aryl methyl sites for hydroxylation is 1. The summed E-state index contributed by atoms with van der Waals surface area (Å²) in [6, 6.07) is 0. The number of carbonyl (C=O) groups is 1. The first kappa shape index (κ1) is 11.3. The molecule has 1 N–H and O–H groups in total. The summed E-state index contributed by atoms with van der Waals surface area (Å²) < 4.78 is 1.88. The van der Waals surface area contributed by atoms with Gasteiger partial charge in [-0.25, -0.2) is 4.98 Å². The number of aromatic nitrogens is 2. The highest BCUT2D eigenvalue weighted by Crippen LogP contribution is 1.91. The van der Waals surface area contributed by atoms with Crippen molar-refractivity contribution in [3.05, 3.63) is 18.7 Å². The number of imidazole rings is 1. The van der Waals surface area contributed by atoms with Crippen LogP contribution in [0.1, 0.15) is 19.3 Å². The molecule has 1 aromatic heterocycles. The van der Waals surface area contributed by atoms with E-state index < -0.39 is 0 Å². The van der Waals surface area contributed by atoms with E-state index in [1.165, 1.54) is 0 Å². The van der Waals surface area contributed by atoms with Crippen LogP contribution in [0.25, 0.3) is 0 Å². The van der Waals surface area contributed by atoms with Crippen molar-refractivity contribution in [2.45, 2.75) is 25.8 Å². The summed E-state index contributed by atoms with van der Waals surface area (Å²) in [5, 5.41) is 2.81. The third-order valence-corrected chi connectivity index (χ3v) is 1.98. The summed E-state index contributed by atoms with van der Waals surface area (Å²) >= 11 is 0. The van der Waals surface area contributed by atoms with Gasteiger partial charge in [0.05, 0.1) is 6.33 Å². The molecule has 80 valence electrons. The van der Waals surface area contributed by atoms with E-state index in [9.17, 15) is 4.79 Å². The molecule has 0 aliphatic rings. The third kappa shape index (κ3) is 4.87. The van der Waals surface area contributed by atoms with Gasteiger partial charge < -0.3 is 9.88 Å². The van der Waals surface area contributed by atoms with Gasteiger partial charge in [0.25, 0.3) is 0 Å². The van der Waals surface area contributed by atoms with Crippen LogP contribution in [0.3, 0.4) is 0 Å². The van der Waals surface area contributed by atoms with Gasteiger partial charge >= 0.3 is 0 Å². The molecule has 0 radical (unpaired) electrons. The van der Waals surface area contributed by atoms with Crippen molar-refractivity contribution in [1.29, 1.82) is 0 Å². The smallest absolute Gasteiger partial charge is 0.221 e. The molecule has 4 nitrogen and oxygen atoms in total. The van der Waals surface area contributed by atoms with Crippen molar-refractivity contribution in [2.75, 3.05) is 6.54 Å². The molecule has 1 heterocycles. The molecular formula is C11H15N3O. The number of unbranched alkanes of at least 4 members (excludes halogenated alkanes) is 1. The van der Waals surface area contributed by atoms with Crippen LogP contribution in [0.4, 0.5) is 0 Å². The van der Waals surface area contributed by atoms with Gasteiger partial charge in [-0.1, -0.05) is 0 Å². The van der Waals surface area contributed by atoms with Crippen molar-refractivity contribution in [1.82, 2.24) is 14.9 Å². The Bertz CT molecular complexity index is 324. The van der Waals surface area contributed by atoms with Crippen LogP contribution in [0.5, 0.6) is 0 Å². The van der Waals surface area contributed by atoms with Gasteiger partial charge in [0, 0.05) is 38.3 Å². The van der Waals surface area contributed by atoms with Crippen molar-refractivity contribution >= 4 is 5.91 Å². The normalized spacial score (nSPS) is 9.53. The van der Waals surface area contributed by atoms with Crippen molar-refractivity contribution in [2.24, 2.45) is 0 Å². The Labute approximate surface area is 89.7 Å². The first-order chi connectivity index (χ1) is 7.33. The molecular weight excluding hydrogens is 190 g/mol. The second-order valence-corrected chi connectivity index (χ2v) is 3.21. The van der Waals surface area contributed by atoms with Crippen LogP contribution >= 0.6 is 0 Å². The minimum absolute atomic E-state index is 0.0562. The van der Waals surface area contributed by atoms with Crippen molar-refractivity contribution < 1.29 is 4.79 Å². The number of terminal acetylenes is 1. The quantitative estimate of drug-likeness (QED) is 0.551. The summed E-state index contributed by atoms with van der Waals surface area (Å²) in [6.45, 7) is 1.33. The maximum atomic E-state index is 11.3. The number of nitrogens with zero attached hydrogens (tertiary/aromatic N) is 2. The largest absolute Gasteiger partial charge is 0.356 e. The van der Waals surface area contributed by atoms with Crippen LogP contribution < -0.4 is 5.32 Å². The molecule has 1 amide bonds. The van der Waals surface area contributed by atoms with Gasteiger partial charge in [-0.2, -0.15) is 0 Å². The van der Waals surface area contributed by atoms with Crippen LogP contribution in [0.15, 0.2) is 18.7 Å². The van der Waals surface area contributed by atoms with Gasteiger partial charge in [-0.05, 0) is 6.42 Å². The number of nitrogens with one attached hydrogen (secondary N) is 1. The van der Waals surface area contributed by atoms with E-state index in [1.54, 1.807) is 12.5 Å². The maximum Gasteiger partial charge on any atom is 0.221 e. The lowest BCUT2D eigenvalue weighted by atomic mass is 10.3. The Hall–Kier alpha value is -1.76. The first-order valence-electron chi connectivity index (χ1n) is 4.99. The summed E-state index contributed by atoms with van der Waals surface area (Å²) in [5.41, 5.74) is 0. The summed E-state index contributed by atoms with van der Waals surface area (Å²) in [5.74, 6) is 2.59. The fourth-order valence-electron chi connectivity index (χ4n) is 1.16. The van der Waals surface area contributed by atoms with Crippen LogP contribution in [-0.4, -0.2) is 22.0 Å². The van der Waals surface area contributed by atoms with E-state index in [2.05, 4.69) is 16.2 Å². The zero-order chi connectivity index (χ0) is 10.9. The number of carbonyl (C=O) groups excluding carboxylic acids is 1. The van der Waals surface area contributed by atoms with Gasteiger partial charge in [0.2, 0.25) is 5.91 Å². The molecule has 0 saturated carbocycles. The molecule has 0 atom stereocenters. The predicted octanol–water partition coefficient (Wildman–Crippen LogP) is 0.803. The number of amides is 1. The van der Waals surface area contributed by atoms with Gasteiger partial charge in [0.15, 0.2) is 0 Å². The van der Waals surface area contributed by atoms with E-state index in [0.29, 0.717) is 25.9 Å². The predicted molar refractivity (Wildman–Crippen MR) is 57.9 cm³/mol. The van der Waals surface area contributed by atoms with Crippen LogP contribution in [0, 0.1) is 12.3 Å². The molecule has 4 heteroatoms. The highest BCUT2D eigenvalue weighted by Gasteiger charge is 1.99.